The van der Waals surface area contributed by atoms with Crippen LogP contribution >= 0.6 is 0 Å². The Morgan fingerprint density at radius 3 is 2.61 bits per heavy atom. The Labute approximate surface area is 166 Å². The van der Waals surface area contributed by atoms with Crippen LogP contribution in [0.15, 0.2) is 54.1 Å². The summed E-state index contributed by atoms with van der Waals surface area (Å²) in [5.41, 5.74) is 4.04. The first kappa shape index (κ1) is 18.8. The monoisotopic (exact) mass is 377 g/mol. The Bertz CT molecular complexity index is 888. The lowest BCUT2D eigenvalue weighted by atomic mass is 9.94. The average molecular weight is 377 g/mol. The first-order valence-corrected chi connectivity index (χ1v) is 9.94. The Morgan fingerprint density at radius 1 is 1.11 bits per heavy atom. The van der Waals surface area contributed by atoms with Gasteiger partial charge in [0.2, 0.25) is 0 Å². The molecule has 1 heterocycles. The smallest absolute Gasteiger partial charge is 0.189 e. The maximum Gasteiger partial charge on any atom is 0.189 e. The average Bonchev–Trinajstić information content (AvgIpc) is 3.02. The van der Waals surface area contributed by atoms with Crippen molar-refractivity contribution in [1.82, 2.24) is 4.90 Å². The van der Waals surface area contributed by atoms with Gasteiger partial charge in [-0.2, -0.15) is 0 Å². The Hall–Kier alpha value is -2.59. The molecule has 0 saturated carbocycles. The Balaban J connectivity index is 1.48. The minimum absolute atomic E-state index is 0.135. The molecule has 2 aliphatic rings. The van der Waals surface area contributed by atoms with Crippen LogP contribution in [0.3, 0.4) is 0 Å². The van der Waals surface area contributed by atoms with Crippen molar-refractivity contribution in [3.63, 3.8) is 0 Å². The molecule has 1 aliphatic heterocycles. The third-order valence-electron chi connectivity index (χ3n) is 5.75. The van der Waals surface area contributed by atoms with Crippen molar-refractivity contribution in [2.24, 2.45) is 5.92 Å². The fraction of sp³-hybridized carbons (Fsp3) is 0.375. The number of piperidine rings is 1. The van der Waals surface area contributed by atoms with Gasteiger partial charge in [-0.3, -0.25) is 9.69 Å². The fourth-order valence-corrected chi connectivity index (χ4v) is 4.37. The summed E-state index contributed by atoms with van der Waals surface area (Å²) in [6.45, 7) is 3.11. The highest BCUT2D eigenvalue weighted by molar-refractivity contribution is 6.13. The number of carbonyl (C=O) groups is 1. The van der Waals surface area contributed by atoms with E-state index < -0.39 is 0 Å². The van der Waals surface area contributed by atoms with Gasteiger partial charge < -0.3 is 9.47 Å². The van der Waals surface area contributed by atoms with E-state index in [0.717, 1.165) is 42.8 Å². The highest BCUT2D eigenvalue weighted by Crippen LogP contribution is 2.37. The number of ether oxygens (including phenoxy) is 2. The van der Waals surface area contributed by atoms with Crippen LogP contribution in [0.25, 0.3) is 0 Å². The standard InChI is InChI=1S/C24H27NO3/c1-27-22-13-19-12-20(24(26)21(19)14-23(22)28-2)11-18-9-6-10-25(16-18)15-17-7-4-3-5-8-17/h3-5,7-8,11,13-14,18H,6,9-10,12,15-16H2,1-2H3/b20-11+. The molecule has 1 saturated heterocycles. The summed E-state index contributed by atoms with van der Waals surface area (Å²) >= 11 is 0. The van der Waals surface area contributed by atoms with Crippen LogP contribution in [0.2, 0.25) is 0 Å². The summed E-state index contributed by atoms with van der Waals surface area (Å²) in [6, 6.07) is 14.4. The first-order chi connectivity index (χ1) is 13.7. The zero-order valence-corrected chi connectivity index (χ0v) is 16.6. The van der Waals surface area contributed by atoms with Crippen LogP contribution in [0, 0.1) is 5.92 Å². The molecule has 1 fully saturated rings. The number of nitrogens with zero attached hydrogens (tertiary/aromatic N) is 1. The summed E-state index contributed by atoms with van der Waals surface area (Å²) in [6.07, 6.45) is 5.22. The molecule has 146 valence electrons. The van der Waals surface area contributed by atoms with Gasteiger partial charge in [-0.1, -0.05) is 36.4 Å². The van der Waals surface area contributed by atoms with Gasteiger partial charge in [0, 0.05) is 30.6 Å². The summed E-state index contributed by atoms with van der Waals surface area (Å²) in [4.78, 5) is 15.4. The summed E-state index contributed by atoms with van der Waals surface area (Å²) < 4.78 is 10.8. The second kappa shape index (κ2) is 8.19. The van der Waals surface area contributed by atoms with E-state index in [1.54, 1.807) is 14.2 Å². The van der Waals surface area contributed by atoms with Crippen LogP contribution < -0.4 is 9.47 Å². The van der Waals surface area contributed by atoms with Crippen LogP contribution in [0.4, 0.5) is 0 Å². The van der Waals surface area contributed by atoms with Crippen molar-refractivity contribution in [3.05, 3.63) is 70.8 Å². The molecule has 4 heteroatoms. The van der Waals surface area contributed by atoms with E-state index in [1.807, 2.05) is 12.1 Å². The molecule has 1 atom stereocenters. The fourth-order valence-electron chi connectivity index (χ4n) is 4.37. The van der Waals surface area contributed by atoms with Gasteiger partial charge in [-0.25, -0.2) is 0 Å². The van der Waals surface area contributed by atoms with Gasteiger partial charge in [0.05, 0.1) is 14.2 Å². The van der Waals surface area contributed by atoms with Crippen molar-refractivity contribution in [3.8, 4) is 11.5 Å². The van der Waals surface area contributed by atoms with E-state index in [4.69, 9.17) is 9.47 Å². The SMILES string of the molecule is COc1cc2c(cc1OC)C(=O)/C(=C/C1CCCN(Cc3ccccc3)C1)C2. The number of hydrogen-bond acceptors (Lipinski definition) is 4. The van der Waals surface area contributed by atoms with E-state index in [1.165, 1.54) is 12.0 Å². The number of likely N-dealkylation sites (tertiary alicyclic amines) is 1. The minimum Gasteiger partial charge on any atom is -0.493 e. The largest absolute Gasteiger partial charge is 0.493 e. The van der Waals surface area contributed by atoms with E-state index in [9.17, 15) is 4.79 Å². The lowest BCUT2D eigenvalue weighted by molar-refractivity contribution is 0.103. The van der Waals surface area contributed by atoms with Gasteiger partial charge in [0.1, 0.15) is 0 Å². The van der Waals surface area contributed by atoms with E-state index in [0.29, 0.717) is 23.8 Å². The van der Waals surface area contributed by atoms with E-state index >= 15 is 0 Å². The van der Waals surface area contributed by atoms with Crippen molar-refractivity contribution in [1.29, 1.82) is 0 Å². The zero-order chi connectivity index (χ0) is 19.5. The molecule has 2 aromatic carbocycles. The number of allylic oxidation sites excluding steroid dienone is 1. The number of methoxy groups -OCH3 is 2. The van der Waals surface area contributed by atoms with Crippen LogP contribution in [0.1, 0.15) is 34.3 Å². The highest BCUT2D eigenvalue weighted by Gasteiger charge is 2.29. The summed E-state index contributed by atoms with van der Waals surface area (Å²) in [5, 5.41) is 0. The quantitative estimate of drug-likeness (QED) is 0.729. The van der Waals surface area contributed by atoms with Gasteiger partial charge in [0.15, 0.2) is 17.3 Å². The molecule has 4 nitrogen and oxygen atoms in total. The van der Waals surface area contributed by atoms with Crippen LogP contribution in [-0.4, -0.2) is 38.0 Å². The van der Waals surface area contributed by atoms with Crippen LogP contribution in [0.5, 0.6) is 11.5 Å². The highest BCUT2D eigenvalue weighted by atomic mass is 16.5. The molecular formula is C24H27NO3. The number of fused-ring (bicyclic) bond motifs is 1. The van der Waals surface area contributed by atoms with Gasteiger partial charge in [0.25, 0.3) is 0 Å². The summed E-state index contributed by atoms with van der Waals surface area (Å²) in [7, 11) is 3.23. The normalized spacial score (nSPS) is 21.0. The molecular weight excluding hydrogens is 350 g/mol. The van der Waals surface area contributed by atoms with E-state index in [-0.39, 0.29) is 5.78 Å². The lowest BCUT2D eigenvalue weighted by Gasteiger charge is -2.31. The second-order valence-corrected chi connectivity index (χ2v) is 7.69. The number of Topliss-reactive ketones (excluding diaryl/α,β-unsaturated/α-hetero) is 1. The lowest BCUT2D eigenvalue weighted by Crippen LogP contribution is -2.34. The molecule has 0 bridgehead atoms. The van der Waals surface area contributed by atoms with Gasteiger partial charge >= 0.3 is 0 Å². The van der Waals surface area contributed by atoms with Crippen molar-refractivity contribution in [2.75, 3.05) is 27.3 Å². The van der Waals surface area contributed by atoms with Gasteiger partial charge in [-0.15, -0.1) is 0 Å². The molecule has 1 unspecified atom stereocenters. The second-order valence-electron chi connectivity index (χ2n) is 7.69. The minimum atomic E-state index is 0.135. The first-order valence-electron chi connectivity index (χ1n) is 9.94. The molecule has 1 aliphatic carbocycles. The third kappa shape index (κ3) is 3.83. The Morgan fingerprint density at radius 2 is 1.86 bits per heavy atom. The van der Waals surface area contributed by atoms with Gasteiger partial charge in [-0.05, 0) is 48.6 Å². The molecule has 0 N–H and O–H groups in total. The zero-order valence-electron chi connectivity index (χ0n) is 16.6. The molecule has 4 rings (SSSR count). The van der Waals surface area contributed by atoms with Crippen LogP contribution in [-0.2, 0) is 13.0 Å². The van der Waals surface area contributed by atoms with Crippen molar-refractivity contribution < 1.29 is 14.3 Å². The number of benzene rings is 2. The predicted octanol–water partition coefficient (Wildman–Crippen LogP) is 4.28. The molecule has 2 aromatic rings. The maximum absolute atomic E-state index is 12.9. The third-order valence-corrected chi connectivity index (χ3v) is 5.75. The van der Waals surface area contributed by atoms with E-state index in [2.05, 4.69) is 41.3 Å². The topological polar surface area (TPSA) is 38.8 Å². The molecule has 0 amide bonds. The molecule has 28 heavy (non-hydrogen) atoms. The molecule has 0 aromatic heterocycles. The molecule has 0 spiro atoms. The predicted molar refractivity (Wildman–Crippen MR) is 110 cm³/mol. The Kier molecular flexibility index (Phi) is 5.49. The number of hydrogen-bond donors (Lipinski definition) is 0. The molecule has 0 radical (unpaired) electrons. The number of rotatable bonds is 5. The number of ketones is 1. The number of carbonyl (C=O) groups excluding carboxylic acids is 1. The van der Waals surface area contributed by atoms with Crippen molar-refractivity contribution >= 4 is 5.78 Å². The maximum atomic E-state index is 12.9. The summed E-state index contributed by atoms with van der Waals surface area (Å²) in [5.74, 6) is 1.86. The van der Waals surface area contributed by atoms with Crippen molar-refractivity contribution in [2.45, 2.75) is 25.8 Å².